The van der Waals surface area contributed by atoms with Crippen molar-refractivity contribution < 1.29 is 4.79 Å². The highest BCUT2D eigenvalue weighted by Gasteiger charge is 2.24. The molecule has 1 rings (SSSR count). The molecule has 1 heterocycles. The van der Waals surface area contributed by atoms with E-state index in [1.54, 1.807) is 0 Å². The molecule has 0 saturated carbocycles. The predicted molar refractivity (Wildman–Crippen MR) is 58.0 cm³/mol. The lowest BCUT2D eigenvalue weighted by molar-refractivity contribution is 0.0853. The molecule has 0 radical (unpaired) electrons. The van der Waals surface area contributed by atoms with E-state index in [9.17, 15) is 4.79 Å². The van der Waals surface area contributed by atoms with Gasteiger partial charge < -0.3 is 0 Å². The second-order valence-electron chi connectivity index (χ2n) is 4.07. The summed E-state index contributed by atoms with van der Waals surface area (Å²) in [6.45, 7) is 5.48. The average molecular weight is 232 g/mol. The Morgan fingerprint density at radius 1 is 1.29 bits per heavy atom. The molecule has 76 valence electrons. The SMILES string of the molecule is CC(C)(C)C(=O)c1cc(Cl)cc(Cl)n1. The van der Waals surface area contributed by atoms with Crippen LogP contribution in [0.2, 0.25) is 10.2 Å². The Labute approximate surface area is 93.2 Å². The van der Waals surface area contributed by atoms with E-state index in [4.69, 9.17) is 23.2 Å². The maximum Gasteiger partial charge on any atom is 0.186 e. The van der Waals surface area contributed by atoms with Crippen molar-refractivity contribution in [2.45, 2.75) is 20.8 Å². The summed E-state index contributed by atoms with van der Waals surface area (Å²) in [6, 6.07) is 3.03. The molecule has 0 fully saturated rings. The summed E-state index contributed by atoms with van der Waals surface area (Å²) in [4.78, 5) is 15.7. The van der Waals surface area contributed by atoms with Gasteiger partial charge in [0.25, 0.3) is 0 Å². The first-order valence-corrected chi connectivity index (χ1v) is 4.94. The largest absolute Gasteiger partial charge is 0.292 e. The van der Waals surface area contributed by atoms with Crippen LogP contribution in [0.4, 0.5) is 0 Å². The number of Topliss-reactive ketones (excluding diaryl/α,β-unsaturated/α-hetero) is 1. The molecule has 1 aromatic rings. The molecule has 0 spiro atoms. The van der Waals surface area contributed by atoms with E-state index < -0.39 is 5.41 Å². The Bertz CT molecular complexity index is 349. The van der Waals surface area contributed by atoms with Crippen molar-refractivity contribution in [3.8, 4) is 0 Å². The summed E-state index contributed by atoms with van der Waals surface area (Å²) in [6.07, 6.45) is 0. The summed E-state index contributed by atoms with van der Waals surface area (Å²) < 4.78 is 0. The van der Waals surface area contributed by atoms with Gasteiger partial charge in [-0.25, -0.2) is 4.98 Å². The van der Waals surface area contributed by atoms with E-state index in [0.717, 1.165) is 0 Å². The number of carbonyl (C=O) groups is 1. The molecule has 0 aromatic carbocycles. The van der Waals surface area contributed by atoms with Gasteiger partial charge in [-0.3, -0.25) is 4.79 Å². The standard InChI is InChI=1S/C10H11Cl2NO/c1-10(2,3)9(14)7-4-6(11)5-8(12)13-7/h4-5H,1-3H3. The van der Waals surface area contributed by atoms with Gasteiger partial charge in [-0.15, -0.1) is 0 Å². The van der Waals surface area contributed by atoms with Crippen LogP contribution in [0, 0.1) is 5.41 Å². The lowest BCUT2D eigenvalue weighted by Crippen LogP contribution is -2.21. The van der Waals surface area contributed by atoms with Crippen LogP contribution in [0.1, 0.15) is 31.3 Å². The minimum absolute atomic E-state index is 0.0677. The summed E-state index contributed by atoms with van der Waals surface area (Å²) in [7, 11) is 0. The highest BCUT2D eigenvalue weighted by atomic mass is 35.5. The molecule has 4 heteroatoms. The second kappa shape index (κ2) is 3.87. The molecule has 0 aliphatic rings. The van der Waals surface area contributed by atoms with Crippen LogP contribution < -0.4 is 0 Å². The van der Waals surface area contributed by atoms with Crippen LogP contribution >= 0.6 is 23.2 Å². The zero-order valence-electron chi connectivity index (χ0n) is 8.27. The number of hydrogen-bond acceptors (Lipinski definition) is 2. The van der Waals surface area contributed by atoms with Crippen molar-refractivity contribution in [3.63, 3.8) is 0 Å². The van der Waals surface area contributed by atoms with Crippen LogP contribution in [0.25, 0.3) is 0 Å². The molecule has 0 bridgehead atoms. The Kier molecular flexibility index (Phi) is 3.17. The van der Waals surface area contributed by atoms with Gasteiger partial charge in [0, 0.05) is 10.4 Å². The molecule has 14 heavy (non-hydrogen) atoms. The van der Waals surface area contributed by atoms with Crippen molar-refractivity contribution in [1.29, 1.82) is 0 Å². The fourth-order valence-corrected chi connectivity index (χ4v) is 1.44. The first kappa shape index (κ1) is 11.5. The quantitative estimate of drug-likeness (QED) is 0.546. The van der Waals surface area contributed by atoms with E-state index in [1.807, 2.05) is 20.8 Å². The van der Waals surface area contributed by atoms with Crippen molar-refractivity contribution in [3.05, 3.63) is 28.0 Å². The summed E-state index contributed by atoms with van der Waals surface area (Å²) in [5, 5.41) is 0.669. The normalized spacial score (nSPS) is 11.5. The van der Waals surface area contributed by atoms with Gasteiger partial charge in [-0.1, -0.05) is 44.0 Å². The number of rotatable bonds is 1. The van der Waals surface area contributed by atoms with Crippen LogP contribution in [-0.2, 0) is 0 Å². The van der Waals surface area contributed by atoms with Crippen molar-refractivity contribution in [1.82, 2.24) is 4.98 Å². The second-order valence-corrected chi connectivity index (χ2v) is 4.90. The van der Waals surface area contributed by atoms with Crippen molar-refractivity contribution in [2.24, 2.45) is 5.41 Å². The molecule has 0 aliphatic carbocycles. The lowest BCUT2D eigenvalue weighted by Gasteiger charge is -2.15. The van der Waals surface area contributed by atoms with Gasteiger partial charge in [0.15, 0.2) is 5.78 Å². The van der Waals surface area contributed by atoms with Gasteiger partial charge in [0.05, 0.1) is 0 Å². The molecule has 0 atom stereocenters. The first-order valence-electron chi connectivity index (χ1n) is 4.18. The van der Waals surface area contributed by atoms with Gasteiger partial charge in [-0.2, -0.15) is 0 Å². The maximum absolute atomic E-state index is 11.8. The number of carbonyl (C=O) groups excluding carboxylic acids is 1. The Morgan fingerprint density at radius 3 is 2.29 bits per heavy atom. The van der Waals surface area contributed by atoms with Crippen LogP contribution in [-0.4, -0.2) is 10.8 Å². The molecule has 2 nitrogen and oxygen atoms in total. The fraction of sp³-hybridized carbons (Fsp3) is 0.400. The molecule has 0 N–H and O–H groups in total. The third kappa shape index (κ3) is 2.69. The summed E-state index contributed by atoms with van der Waals surface area (Å²) in [5.41, 5.74) is -0.156. The maximum atomic E-state index is 11.8. The highest BCUT2D eigenvalue weighted by molar-refractivity contribution is 6.34. The monoisotopic (exact) mass is 231 g/mol. The zero-order chi connectivity index (χ0) is 10.9. The molecule has 0 unspecified atom stereocenters. The lowest BCUT2D eigenvalue weighted by atomic mass is 9.89. The van der Waals surface area contributed by atoms with E-state index in [2.05, 4.69) is 4.98 Å². The number of ketones is 1. The Hall–Kier alpha value is -0.600. The van der Waals surface area contributed by atoms with Crippen LogP contribution in [0.3, 0.4) is 0 Å². The van der Waals surface area contributed by atoms with Crippen molar-refractivity contribution in [2.75, 3.05) is 0 Å². The minimum atomic E-state index is -0.471. The van der Waals surface area contributed by atoms with Gasteiger partial charge >= 0.3 is 0 Å². The molecular weight excluding hydrogens is 221 g/mol. The molecule has 0 saturated heterocycles. The van der Waals surface area contributed by atoms with Crippen LogP contribution in [0.15, 0.2) is 12.1 Å². The zero-order valence-corrected chi connectivity index (χ0v) is 9.78. The third-order valence-corrected chi connectivity index (χ3v) is 2.08. The van der Waals surface area contributed by atoms with E-state index in [-0.39, 0.29) is 10.9 Å². The number of pyridine rings is 1. The molecular formula is C10H11Cl2NO. The Morgan fingerprint density at radius 2 is 1.86 bits per heavy atom. The molecule has 1 aromatic heterocycles. The Balaban J connectivity index is 3.14. The van der Waals surface area contributed by atoms with Crippen LogP contribution in [0.5, 0.6) is 0 Å². The molecule has 0 aliphatic heterocycles. The number of hydrogen-bond donors (Lipinski definition) is 0. The van der Waals surface area contributed by atoms with E-state index in [0.29, 0.717) is 10.7 Å². The number of nitrogens with zero attached hydrogens (tertiary/aromatic N) is 1. The smallest absolute Gasteiger partial charge is 0.186 e. The first-order chi connectivity index (χ1) is 6.30. The van der Waals surface area contributed by atoms with Gasteiger partial charge in [0.2, 0.25) is 0 Å². The average Bonchev–Trinajstić information content (AvgIpc) is 1.99. The summed E-state index contributed by atoms with van der Waals surface area (Å²) in [5.74, 6) is -0.0677. The number of aromatic nitrogens is 1. The topological polar surface area (TPSA) is 30.0 Å². The van der Waals surface area contributed by atoms with Gasteiger partial charge in [-0.05, 0) is 12.1 Å². The minimum Gasteiger partial charge on any atom is -0.292 e. The predicted octanol–water partition coefficient (Wildman–Crippen LogP) is 3.62. The highest BCUT2D eigenvalue weighted by Crippen LogP contribution is 2.23. The summed E-state index contributed by atoms with van der Waals surface area (Å²) >= 11 is 11.5. The van der Waals surface area contributed by atoms with E-state index in [1.165, 1.54) is 12.1 Å². The van der Waals surface area contributed by atoms with E-state index >= 15 is 0 Å². The molecule has 0 amide bonds. The van der Waals surface area contributed by atoms with Crippen molar-refractivity contribution >= 4 is 29.0 Å². The van der Waals surface area contributed by atoms with Gasteiger partial charge in [0.1, 0.15) is 10.8 Å². The fourth-order valence-electron chi connectivity index (χ4n) is 0.966. The number of halogens is 2. The third-order valence-electron chi connectivity index (χ3n) is 1.67.